The molecule has 4 N–H and O–H groups in total. The van der Waals surface area contributed by atoms with Crippen LogP contribution in [-0.2, 0) is 0 Å². The Balaban J connectivity index is 2.11. The molecular weight excluding hydrogens is 226 g/mol. The normalized spacial score (nSPS) is 19.2. The molecule has 4 nitrogen and oxygen atoms in total. The summed E-state index contributed by atoms with van der Waals surface area (Å²) in [5.74, 6) is 0.724. The number of amidine groups is 1. The van der Waals surface area contributed by atoms with E-state index in [1.807, 2.05) is 19.1 Å². The summed E-state index contributed by atoms with van der Waals surface area (Å²) in [5, 5.41) is 16.4. The molecule has 1 aromatic rings. The summed E-state index contributed by atoms with van der Waals surface area (Å²) in [5.41, 5.74) is 8.57. The van der Waals surface area contributed by atoms with Crippen LogP contribution in [0.25, 0.3) is 0 Å². The van der Waals surface area contributed by atoms with Gasteiger partial charge in [0.2, 0.25) is 0 Å². The molecule has 1 aliphatic rings. The van der Waals surface area contributed by atoms with Crippen LogP contribution in [0.5, 0.6) is 0 Å². The highest BCUT2D eigenvalue weighted by molar-refractivity contribution is 5.96. The molecule has 0 aliphatic carbocycles. The van der Waals surface area contributed by atoms with Gasteiger partial charge in [-0.1, -0.05) is 0 Å². The molecule has 0 saturated carbocycles. The van der Waals surface area contributed by atoms with Crippen molar-refractivity contribution in [3.05, 3.63) is 29.3 Å². The molecule has 1 fully saturated rings. The first-order valence-corrected chi connectivity index (χ1v) is 6.42. The van der Waals surface area contributed by atoms with Gasteiger partial charge in [-0.2, -0.15) is 0 Å². The van der Waals surface area contributed by atoms with Crippen LogP contribution in [0.1, 0.15) is 24.0 Å². The zero-order chi connectivity index (χ0) is 13.1. The van der Waals surface area contributed by atoms with Crippen molar-refractivity contribution in [2.45, 2.75) is 19.8 Å². The standard InChI is InChI=1S/C14H21N3O/c1-10-8-12(2-3-13(10)14(15)16)17-6-4-11(9-17)5-7-18/h2-3,8,11,18H,4-7,9H2,1H3,(H3,15,16). The molecule has 1 aliphatic heterocycles. The van der Waals surface area contributed by atoms with Crippen LogP contribution < -0.4 is 10.6 Å². The van der Waals surface area contributed by atoms with E-state index in [1.165, 1.54) is 5.69 Å². The molecular formula is C14H21N3O. The lowest BCUT2D eigenvalue weighted by molar-refractivity contribution is 0.263. The first-order chi connectivity index (χ1) is 8.61. The highest BCUT2D eigenvalue weighted by Crippen LogP contribution is 2.27. The molecule has 1 atom stereocenters. The van der Waals surface area contributed by atoms with Gasteiger partial charge in [-0.25, -0.2) is 0 Å². The van der Waals surface area contributed by atoms with Gasteiger partial charge in [0, 0.05) is 30.9 Å². The van der Waals surface area contributed by atoms with Crippen LogP contribution in [0.2, 0.25) is 0 Å². The van der Waals surface area contributed by atoms with Gasteiger partial charge in [-0.05, 0) is 49.4 Å². The van der Waals surface area contributed by atoms with Crippen molar-refractivity contribution in [3.63, 3.8) is 0 Å². The fourth-order valence-corrected chi connectivity index (χ4v) is 2.63. The van der Waals surface area contributed by atoms with Crippen LogP contribution >= 0.6 is 0 Å². The summed E-state index contributed by atoms with van der Waals surface area (Å²) in [6.45, 7) is 4.32. The third kappa shape index (κ3) is 2.64. The number of aryl methyl sites for hydroxylation is 1. The number of rotatable bonds is 4. The Hall–Kier alpha value is -1.55. The average molecular weight is 247 g/mol. The van der Waals surface area contributed by atoms with Gasteiger partial charge >= 0.3 is 0 Å². The van der Waals surface area contributed by atoms with Crippen molar-refractivity contribution in [1.29, 1.82) is 5.41 Å². The van der Waals surface area contributed by atoms with Crippen molar-refractivity contribution in [2.75, 3.05) is 24.6 Å². The van der Waals surface area contributed by atoms with Gasteiger partial charge in [0.25, 0.3) is 0 Å². The minimum Gasteiger partial charge on any atom is -0.396 e. The van der Waals surface area contributed by atoms with Crippen LogP contribution in [0.15, 0.2) is 18.2 Å². The van der Waals surface area contributed by atoms with E-state index in [1.54, 1.807) is 0 Å². The topological polar surface area (TPSA) is 73.3 Å². The zero-order valence-corrected chi connectivity index (χ0v) is 10.8. The van der Waals surface area contributed by atoms with E-state index in [9.17, 15) is 0 Å². The predicted octanol–water partition coefficient (Wildman–Crippen LogP) is 1.49. The molecule has 0 bridgehead atoms. The van der Waals surface area contributed by atoms with E-state index in [0.29, 0.717) is 5.92 Å². The number of nitrogens with one attached hydrogen (secondary N) is 1. The fourth-order valence-electron chi connectivity index (χ4n) is 2.63. The second-order valence-electron chi connectivity index (χ2n) is 5.03. The number of hydrogen-bond donors (Lipinski definition) is 3. The Morgan fingerprint density at radius 2 is 2.33 bits per heavy atom. The third-order valence-corrected chi connectivity index (χ3v) is 3.69. The number of hydrogen-bond acceptors (Lipinski definition) is 3. The predicted molar refractivity (Wildman–Crippen MR) is 74.2 cm³/mol. The number of nitrogen functional groups attached to an aromatic ring is 1. The second kappa shape index (κ2) is 5.40. The largest absolute Gasteiger partial charge is 0.396 e. The highest BCUT2D eigenvalue weighted by Gasteiger charge is 2.22. The summed E-state index contributed by atoms with van der Waals surface area (Å²) in [6, 6.07) is 6.05. The molecule has 0 spiro atoms. The van der Waals surface area contributed by atoms with Crippen LogP contribution in [0.4, 0.5) is 5.69 Å². The van der Waals surface area contributed by atoms with Crippen LogP contribution in [0.3, 0.4) is 0 Å². The Bertz CT molecular complexity index is 445. The molecule has 2 rings (SSSR count). The summed E-state index contributed by atoms with van der Waals surface area (Å²) in [6.07, 6.45) is 2.04. The van der Waals surface area contributed by atoms with E-state index in [0.717, 1.165) is 37.1 Å². The molecule has 18 heavy (non-hydrogen) atoms. The molecule has 98 valence electrons. The molecule has 1 unspecified atom stereocenters. The summed E-state index contributed by atoms with van der Waals surface area (Å²) >= 11 is 0. The quantitative estimate of drug-likeness (QED) is 0.557. The van der Waals surface area contributed by atoms with Crippen LogP contribution in [0, 0.1) is 18.3 Å². The van der Waals surface area contributed by atoms with Gasteiger partial charge < -0.3 is 15.7 Å². The van der Waals surface area contributed by atoms with Crippen molar-refractivity contribution in [1.82, 2.24) is 0 Å². The van der Waals surface area contributed by atoms with E-state index in [2.05, 4.69) is 11.0 Å². The van der Waals surface area contributed by atoms with Gasteiger partial charge in [0.05, 0.1) is 0 Å². The zero-order valence-electron chi connectivity index (χ0n) is 10.8. The molecule has 0 radical (unpaired) electrons. The molecule has 1 aromatic carbocycles. The Kier molecular flexibility index (Phi) is 3.87. The number of aliphatic hydroxyl groups excluding tert-OH is 1. The first kappa shape index (κ1) is 12.9. The Labute approximate surface area is 108 Å². The maximum absolute atomic E-state index is 8.97. The lowest BCUT2D eigenvalue weighted by atomic mass is 10.1. The van der Waals surface area contributed by atoms with Crippen LogP contribution in [-0.4, -0.2) is 30.6 Å². The number of anilines is 1. The maximum Gasteiger partial charge on any atom is 0.123 e. The molecule has 0 amide bonds. The van der Waals surface area contributed by atoms with Crippen molar-refractivity contribution < 1.29 is 5.11 Å². The number of nitrogens with zero attached hydrogens (tertiary/aromatic N) is 1. The minimum atomic E-state index is 0.124. The minimum absolute atomic E-state index is 0.124. The smallest absolute Gasteiger partial charge is 0.123 e. The number of nitrogens with two attached hydrogens (primary N) is 1. The van der Waals surface area contributed by atoms with E-state index < -0.39 is 0 Å². The Morgan fingerprint density at radius 3 is 2.94 bits per heavy atom. The third-order valence-electron chi connectivity index (χ3n) is 3.69. The lowest BCUT2D eigenvalue weighted by Crippen LogP contribution is -2.20. The molecule has 1 heterocycles. The molecule has 0 aromatic heterocycles. The first-order valence-electron chi connectivity index (χ1n) is 6.42. The number of benzene rings is 1. The van der Waals surface area contributed by atoms with E-state index in [4.69, 9.17) is 16.2 Å². The SMILES string of the molecule is Cc1cc(N2CCC(CCO)C2)ccc1C(=N)N. The van der Waals surface area contributed by atoms with Gasteiger partial charge in [0.15, 0.2) is 0 Å². The highest BCUT2D eigenvalue weighted by atomic mass is 16.3. The average Bonchev–Trinajstić information content (AvgIpc) is 2.77. The molecule has 1 saturated heterocycles. The Morgan fingerprint density at radius 1 is 1.56 bits per heavy atom. The second-order valence-corrected chi connectivity index (χ2v) is 5.03. The van der Waals surface area contributed by atoms with Crippen molar-refractivity contribution >= 4 is 11.5 Å². The molecule has 4 heteroatoms. The van der Waals surface area contributed by atoms with Crippen molar-refractivity contribution in [3.8, 4) is 0 Å². The van der Waals surface area contributed by atoms with Gasteiger partial charge in [-0.15, -0.1) is 0 Å². The van der Waals surface area contributed by atoms with E-state index in [-0.39, 0.29) is 12.4 Å². The maximum atomic E-state index is 8.97. The fraction of sp³-hybridized carbons (Fsp3) is 0.500. The van der Waals surface area contributed by atoms with Crippen molar-refractivity contribution in [2.24, 2.45) is 11.7 Å². The van der Waals surface area contributed by atoms with E-state index >= 15 is 0 Å². The number of aliphatic hydroxyl groups is 1. The summed E-state index contributed by atoms with van der Waals surface area (Å²) in [4.78, 5) is 2.34. The van der Waals surface area contributed by atoms with Gasteiger partial charge in [0.1, 0.15) is 5.84 Å². The lowest BCUT2D eigenvalue weighted by Gasteiger charge is -2.20. The summed E-state index contributed by atoms with van der Waals surface area (Å²) < 4.78 is 0. The van der Waals surface area contributed by atoms with Gasteiger partial charge in [-0.3, -0.25) is 5.41 Å². The summed E-state index contributed by atoms with van der Waals surface area (Å²) in [7, 11) is 0. The monoisotopic (exact) mass is 247 g/mol.